The van der Waals surface area contributed by atoms with Gasteiger partial charge in [0.2, 0.25) is 0 Å². The lowest BCUT2D eigenvalue weighted by atomic mass is 9.90. The molecule has 0 aromatic rings. The van der Waals surface area contributed by atoms with Gasteiger partial charge in [0.15, 0.2) is 0 Å². The van der Waals surface area contributed by atoms with E-state index < -0.39 is 0 Å². The summed E-state index contributed by atoms with van der Waals surface area (Å²) in [6.07, 6.45) is 5.70. The number of rotatable bonds is 3. The molecule has 1 rings (SSSR count). The van der Waals surface area contributed by atoms with Crippen molar-refractivity contribution in [1.82, 2.24) is 5.32 Å². The first-order valence-corrected chi connectivity index (χ1v) is 4.99. The molecule has 66 valence electrons. The van der Waals surface area contributed by atoms with Crippen LogP contribution in [0.5, 0.6) is 0 Å². The van der Waals surface area contributed by atoms with Crippen LogP contribution in [0.1, 0.15) is 39.5 Å². The van der Waals surface area contributed by atoms with E-state index in [4.69, 9.17) is 0 Å². The highest BCUT2D eigenvalue weighted by Crippen LogP contribution is 2.20. The third-order valence-corrected chi connectivity index (χ3v) is 2.61. The van der Waals surface area contributed by atoms with Crippen molar-refractivity contribution < 1.29 is 0 Å². The Bertz CT molecular complexity index is 93.0. The average Bonchev–Trinajstić information content (AvgIpc) is 2.03. The van der Waals surface area contributed by atoms with E-state index in [0.717, 1.165) is 11.8 Å². The molecule has 1 nitrogen and oxygen atoms in total. The molecule has 0 unspecified atom stereocenters. The summed E-state index contributed by atoms with van der Waals surface area (Å²) in [5.74, 6) is 1.92. The predicted molar refractivity (Wildman–Crippen MR) is 49.7 cm³/mol. The minimum absolute atomic E-state index is 0.893. The smallest absolute Gasteiger partial charge is 0.00463 e. The van der Waals surface area contributed by atoms with Gasteiger partial charge in [-0.3, -0.25) is 0 Å². The Balaban J connectivity index is 2.05. The lowest BCUT2D eigenvalue weighted by molar-refractivity contribution is 0.330. The van der Waals surface area contributed by atoms with Crippen molar-refractivity contribution in [3.8, 4) is 0 Å². The van der Waals surface area contributed by atoms with E-state index >= 15 is 0 Å². The van der Waals surface area contributed by atoms with Crippen LogP contribution in [0, 0.1) is 11.8 Å². The van der Waals surface area contributed by atoms with Crippen LogP contribution in [-0.4, -0.2) is 13.1 Å². The third-order valence-electron chi connectivity index (χ3n) is 2.61. The average molecular weight is 155 g/mol. The number of hydrogen-bond donors (Lipinski definition) is 1. The SMILES string of the molecule is CC(C)CCC1CCNCC1. The van der Waals surface area contributed by atoms with Gasteiger partial charge in [-0.25, -0.2) is 0 Å². The summed E-state index contributed by atoms with van der Waals surface area (Å²) < 4.78 is 0. The lowest BCUT2D eigenvalue weighted by Crippen LogP contribution is -2.27. The molecule has 11 heavy (non-hydrogen) atoms. The van der Waals surface area contributed by atoms with Crippen LogP contribution in [0.3, 0.4) is 0 Å². The first kappa shape index (κ1) is 9.05. The molecule has 0 aromatic carbocycles. The van der Waals surface area contributed by atoms with Crippen LogP contribution < -0.4 is 5.32 Å². The van der Waals surface area contributed by atoms with Gasteiger partial charge in [-0.15, -0.1) is 0 Å². The van der Waals surface area contributed by atoms with E-state index in [1.807, 2.05) is 0 Å². The summed E-state index contributed by atoms with van der Waals surface area (Å²) in [5.41, 5.74) is 0. The van der Waals surface area contributed by atoms with Gasteiger partial charge in [-0.2, -0.15) is 0 Å². The molecule has 1 heterocycles. The summed E-state index contributed by atoms with van der Waals surface area (Å²) in [6, 6.07) is 0. The largest absolute Gasteiger partial charge is 0.317 e. The fourth-order valence-corrected chi connectivity index (χ4v) is 1.74. The number of piperidine rings is 1. The minimum atomic E-state index is 0.893. The highest BCUT2D eigenvalue weighted by atomic mass is 14.9. The normalized spacial score (nSPS) is 21.0. The summed E-state index contributed by atoms with van der Waals surface area (Å²) in [7, 11) is 0. The molecule has 0 bridgehead atoms. The molecule has 0 aromatic heterocycles. The first-order valence-electron chi connectivity index (χ1n) is 4.99. The van der Waals surface area contributed by atoms with Gasteiger partial charge in [-0.1, -0.05) is 26.7 Å². The molecule has 0 saturated carbocycles. The Kier molecular flexibility index (Phi) is 3.92. The quantitative estimate of drug-likeness (QED) is 0.660. The lowest BCUT2D eigenvalue weighted by Gasteiger charge is -2.22. The highest BCUT2D eigenvalue weighted by Gasteiger charge is 2.12. The summed E-state index contributed by atoms with van der Waals surface area (Å²) in [5, 5.41) is 3.40. The maximum Gasteiger partial charge on any atom is -0.00463 e. The molecule has 0 spiro atoms. The molecule has 1 N–H and O–H groups in total. The number of nitrogens with one attached hydrogen (secondary N) is 1. The van der Waals surface area contributed by atoms with Crippen LogP contribution in [0.4, 0.5) is 0 Å². The van der Waals surface area contributed by atoms with Crippen LogP contribution in [0.15, 0.2) is 0 Å². The fourth-order valence-electron chi connectivity index (χ4n) is 1.74. The van der Waals surface area contributed by atoms with Gasteiger partial charge < -0.3 is 5.32 Å². The molecule has 0 atom stereocenters. The van der Waals surface area contributed by atoms with E-state index in [1.165, 1.54) is 38.8 Å². The van der Waals surface area contributed by atoms with Gasteiger partial charge in [0.05, 0.1) is 0 Å². The Morgan fingerprint density at radius 1 is 1.27 bits per heavy atom. The molecule has 1 aliphatic heterocycles. The molecule has 1 fully saturated rings. The van der Waals surface area contributed by atoms with E-state index in [9.17, 15) is 0 Å². The summed E-state index contributed by atoms with van der Waals surface area (Å²) in [6.45, 7) is 7.15. The molecule has 0 radical (unpaired) electrons. The van der Waals surface area contributed by atoms with Crippen molar-refractivity contribution >= 4 is 0 Å². The Hall–Kier alpha value is -0.0400. The predicted octanol–water partition coefficient (Wildman–Crippen LogP) is 2.42. The van der Waals surface area contributed by atoms with Crippen molar-refractivity contribution in [1.29, 1.82) is 0 Å². The zero-order valence-electron chi connectivity index (χ0n) is 7.90. The fraction of sp³-hybridized carbons (Fsp3) is 1.00. The monoisotopic (exact) mass is 155 g/mol. The van der Waals surface area contributed by atoms with E-state index in [0.29, 0.717) is 0 Å². The van der Waals surface area contributed by atoms with Gasteiger partial charge in [-0.05, 0) is 37.8 Å². The van der Waals surface area contributed by atoms with Crippen molar-refractivity contribution in [2.45, 2.75) is 39.5 Å². The summed E-state index contributed by atoms with van der Waals surface area (Å²) >= 11 is 0. The van der Waals surface area contributed by atoms with Gasteiger partial charge >= 0.3 is 0 Å². The molecule has 0 amide bonds. The van der Waals surface area contributed by atoms with Crippen LogP contribution in [-0.2, 0) is 0 Å². The summed E-state index contributed by atoms with van der Waals surface area (Å²) in [4.78, 5) is 0. The maximum atomic E-state index is 3.40. The van der Waals surface area contributed by atoms with E-state index in [1.54, 1.807) is 0 Å². The topological polar surface area (TPSA) is 12.0 Å². The van der Waals surface area contributed by atoms with Crippen molar-refractivity contribution in [3.63, 3.8) is 0 Å². The standard InChI is InChI=1S/C10H21N/c1-9(2)3-4-10-5-7-11-8-6-10/h9-11H,3-8H2,1-2H3. The van der Waals surface area contributed by atoms with Crippen LogP contribution >= 0.6 is 0 Å². The first-order chi connectivity index (χ1) is 5.29. The third kappa shape index (κ3) is 3.76. The van der Waals surface area contributed by atoms with Crippen molar-refractivity contribution in [2.75, 3.05) is 13.1 Å². The second kappa shape index (κ2) is 4.76. The van der Waals surface area contributed by atoms with Gasteiger partial charge in [0.25, 0.3) is 0 Å². The van der Waals surface area contributed by atoms with E-state index in [-0.39, 0.29) is 0 Å². The Labute approximate surface area is 70.6 Å². The Morgan fingerprint density at radius 2 is 1.91 bits per heavy atom. The molecular weight excluding hydrogens is 134 g/mol. The van der Waals surface area contributed by atoms with Crippen LogP contribution in [0.25, 0.3) is 0 Å². The second-order valence-electron chi connectivity index (χ2n) is 4.16. The highest BCUT2D eigenvalue weighted by molar-refractivity contribution is 4.68. The molecule has 0 aliphatic carbocycles. The second-order valence-corrected chi connectivity index (χ2v) is 4.16. The van der Waals surface area contributed by atoms with Crippen LogP contribution in [0.2, 0.25) is 0 Å². The number of hydrogen-bond acceptors (Lipinski definition) is 1. The van der Waals surface area contributed by atoms with Gasteiger partial charge in [0.1, 0.15) is 0 Å². The van der Waals surface area contributed by atoms with Crippen molar-refractivity contribution in [3.05, 3.63) is 0 Å². The molecule has 1 heteroatoms. The van der Waals surface area contributed by atoms with E-state index in [2.05, 4.69) is 19.2 Å². The molecular formula is C10H21N. The maximum absolute atomic E-state index is 3.40. The minimum Gasteiger partial charge on any atom is -0.317 e. The van der Waals surface area contributed by atoms with Gasteiger partial charge in [0, 0.05) is 0 Å². The zero-order chi connectivity index (χ0) is 8.10. The van der Waals surface area contributed by atoms with Crippen molar-refractivity contribution in [2.24, 2.45) is 11.8 Å². The Morgan fingerprint density at radius 3 is 2.45 bits per heavy atom. The zero-order valence-corrected chi connectivity index (χ0v) is 7.90. The molecule has 1 saturated heterocycles. The molecule has 1 aliphatic rings.